The lowest BCUT2D eigenvalue weighted by atomic mass is 10.4. The highest BCUT2D eigenvalue weighted by atomic mass is 16.1. The second kappa shape index (κ2) is 15.6. The number of carbonyl (C=O) groups is 1. The molecule has 0 amide bonds. The lowest BCUT2D eigenvalue weighted by Crippen LogP contribution is -2.11. The molecular formula is C6H16N2O. The molecule has 3 nitrogen and oxygen atoms in total. The predicted octanol–water partition coefficient (Wildman–Crippen LogP) is -0.111. The van der Waals surface area contributed by atoms with Crippen molar-refractivity contribution in [3.05, 3.63) is 0 Å². The molecule has 0 radical (unpaired) electrons. The Morgan fingerprint density at radius 3 is 1.78 bits per heavy atom. The van der Waals surface area contributed by atoms with Gasteiger partial charge in [-0.3, -0.25) is 0 Å². The maximum atomic E-state index is 9.40. The maximum absolute atomic E-state index is 9.40. The van der Waals surface area contributed by atoms with Crippen LogP contribution >= 0.6 is 0 Å². The molecule has 0 unspecified atom stereocenters. The highest BCUT2D eigenvalue weighted by molar-refractivity contribution is 5.48. The van der Waals surface area contributed by atoms with E-state index in [1.165, 1.54) is 0 Å². The molecule has 0 atom stereocenters. The molecule has 0 bridgehead atoms. The Labute approximate surface area is 56.4 Å². The van der Waals surface area contributed by atoms with Crippen LogP contribution in [0.4, 0.5) is 0 Å². The van der Waals surface area contributed by atoms with Gasteiger partial charge in [-0.15, -0.1) is 0 Å². The molecule has 0 aliphatic heterocycles. The zero-order valence-corrected chi connectivity index (χ0v) is 5.97. The third kappa shape index (κ3) is 35.4. The van der Waals surface area contributed by atoms with E-state index in [-0.39, 0.29) is 0 Å². The minimum atomic E-state index is 0.597. The first kappa shape index (κ1) is 11.4. The standard InChI is InChI=1S/C4H8O.C2H8N2/c1-2-3-4-5;3-1-2-4/h4H,2-3H2,1H3;1-4H2. The number of unbranched alkanes of at least 4 members (excludes halogenated alkanes) is 1. The van der Waals surface area contributed by atoms with Crippen molar-refractivity contribution in [1.29, 1.82) is 0 Å². The average molecular weight is 132 g/mol. The van der Waals surface area contributed by atoms with Gasteiger partial charge in [0.05, 0.1) is 0 Å². The van der Waals surface area contributed by atoms with Crippen molar-refractivity contribution in [1.82, 2.24) is 0 Å². The van der Waals surface area contributed by atoms with E-state index in [2.05, 4.69) is 0 Å². The van der Waals surface area contributed by atoms with Crippen LogP contribution in [-0.4, -0.2) is 19.4 Å². The van der Waals surface area contributed by atoms with Gasteiger partial charge in [-0.1, -0.05) is 6.92 Å². The fraction of sp³-hybridized carbons (Fsp3) is 0.833. The highest BCUT2D eigenvalue weighted by Crippen LogP contribution is 1.74. The molecule has 4 N–H and O–H groups in total. The Morgan fingerprint density at radius 2 is 1.78 bits per heavy atom. The summed E-state index contributed by atoms with van der Waals surface area (Å²) < 4.78 is 0. The molecule has 56 valence electrons. The van der Waals surface area contributed by atoms with E-state index < -0.39 is 0 Å². The van der Waals surface area contributed by atoms with E-state index in [1.54, 1.807) is 0 Å². The highest BCUT2D eigenvalue weighted by Gasteiger charge is 1.66. The minimum Gasteiger partial charge on any atom is -0.329 e. The molecule has 0 aliphatic carbocycles. The molecule has 0 aromatic carbocycles. The Hall–Kier alpha value is -0.410. The summed E-state index contributed by atoms with van der Waals surface area (Å²) in [5.74, 6) is 0. The molecule has 0 saturated heterocycles. The van der Waals surface area contributed by atoms with Crippen molar-refractivity contribution in [3.8, 4) is 0 Å². The minimum absolute atomic E-state index is 0.597. The second-order valence-electron chi connectivity index (χ2n) is 1.53. The summed E-state index contributed by atoms with van der Waals surface area (Å²) in [4.78, 5) is 9.40. The van der Waals surface area contributed by atoms with E-state index >= 15 is 0 Å². The largest absolute Gasteiger partial charge is 0.329 e. The van der Waals surface area contributed by atoms with Gasteiger partial charge in [0.15, 0.2) is 0 Å². The number of hydrogen-bond acceptors (Lipinski definition) is 3. The van der Waals surface area contributed by atoms with E-state index in [4.69, 9.17) is 11.5 Å². The van der Waals surface area contributed by atoms with Crippen molar-refractivity contribution in [2.45, 2.75) is 19.8 Å². The average Bonchev–Trinajstić information content (AvgIpc) is 1.91. The van der Waals surface area contributed by atoms with Gasteiger partial charge in [-0.05, 0) is 6.42 Å². The van der Waals surface area contributed by atoms with E-state index in [0.29, 0.717) is 19.5 Å². The third-order valence-electron chi connectivity index (χ3n) is 0.573. The number of hydrogen-bond donors (Lipinski definition) is 2. The van der Waals surface area contributed by atoms with Crippen LogP contribution in [0.15, 0.2) is 0 Å². The van der Waals surface area contributed by atoms with Gasteiger partial charge in [-0.2, -0.15) is 0 Å². The van der Waals surface area contributed by atoms with Crippen molar-refractivity contribution >= 4 is 6.29 Å². The molecule has 0 spiro atoms. The number of aldehydes is 1. The van der Waals surface area contributed by atoms with Crippen LogP contribution in [-0.2, 0) is 4.79 Å². The van der Waals surface area contributed by atoms with E-state index in [9.17, 15) is 4.79 Å². The molecule has 0 heterocycles. The van der Waals surface area contributed by atoms with Crippen LogP contribution in [0.25, 0.3) is 0 Å². The van der Waals surface area contributed by atoms with Crippen molar-refractivity contribution in [2.75, 3.05) is 13.1 Å². The molecule has 0 aliphatic rings. The fourth-order valence-corrected chi connectivity index (χ4v) is 0.118. The van der Waals surface area contributed by atoms with Crippen LogP contribution in [0.3, 0.4) is 0 Å². The van der Waals surface area contributed by atoms with Crippen LogP contribution in [0, 0.1) is 0 Å². The van der Waals surface area contributed by atoms with Crippen LogP contribution in [0.5, 0.6) is 0 Å². The van der Waals surface area contributed by atoms with Crippen LogP contribution in [0.1, 0.15) is 19.8 Å². The van der Waals surface area contributed by atoms with Gasteiger partial charge >= 0.3 is 0 Å². The van der Waals surface area contributed by atoms with E-state index in [0.717, 1.165) is 12.7 Å². The zero-order valence-electron chi connectivity index (χ0n) is 5.97. The summed E-state index contributed by atoms with van der Waals surface area (Å²) in [5.41, 5.74) is 9.81. The number of carbonyl (C=O) groups excluding carboxylic acids is 1. The maximum Gasteiger partial charge on any atom is 0.119 e. The lowest BCUT2D eigenvalue weighted by Gasteiger charge is -1.72. The first-order valence-corrected chi connectivity index (χ1v) is 3.17. The third-order valence-corrected chi connectivity index (χ3v) is 0.573. The molecule has 0 aromatic rings. The van der Waals surface area contributed by atoms with Crippen LogP contribution < -0.4 is 11.5 Å². The van der Waals surface area contributed by atoms with E-state index in [1.807, 2.05) is 6.92 Å². The summed E-state index contributed by atoms with van der Waals surface area (Å²) in [5, 5.41) is 0. The normalized spacial score (nSPS) is 7.44. The summed E-state index contributed by atoms with van der Waals surface area (Å²) in [6.07, 6.45) is 2.61. The van der Waals surface area contributed by atoms with Gasteiger partial charge in [-0.25, -0.2) is 0 Å². The Kier molecular flexibility index (Phi) is 19.8. The summed E-state index contributed by atoms with van der Waals surface area (Å²) >= 11 is 0. The Balaban J connectivity index is 0. The first-order chi connectivity index (χ1) is 4.33. The van der Waals surface area contributed by atoms with Gasteiger partial charge in [0.1, 0.15) is 6.29 Å². The molecule has 0 fully saturated rings. The van der Waals surface area contributed by atoms with Gasteiger partial charge in [0.25, 0.3) is 0 Å². The monoisotopic (exact) mass is 132 g/mol. The van der Waals surface area contributed by atoms with Crippen molar-refractivity contribution < 1.29 is 4.79 Å². The summed E-state index contributed by atoms with van der Waals surface area (Å²) in [6, 6.07) is 0. The number of rotatable bonds is 3. The molecule has 0 aromatic heterocycles. The molecule has 0 rings (SSSR count). The SMILES string of the molecule is CCCC=O.NCCN. The Morgan fingerprint density at radius 1 is 1.33 bits per heavy atom. The second-order valence-corrected chi connectivity index (χ2v) is 1.53. The molecule has 3 heteroatoms. The Bertz CT molecular complexity index is 46.3. The number of nitrogens with two attached hydrogens (primary N) is 2. The fourth-order valence-electron chi connectivity index (χ4n) is 0.118. The molecule has 0 saturated carbocycles. The molecular weight excluding hydrogens is 116 g/mol. The predicted molar refractivity (Wildman–Crippen MR) is 39.1 cm³/mol. The summed E-state index contributed by atoms with van der Waals surface area (Å²) in [6.45, 7) is 3.18. The van der Waals surface area contributed by atoms with Gasteiger partial charge in [0.2, 0.25) is 0 Å². The van der Waals surface area contributed by atoms with Crippen molar-refractivity contribution in [3.63, 3.8) is 0 Å². The van der Waals surface area contributed by atoms with Gasteiger partial charge in [0, 0.05) is 19.5 Å². The summed E-state index contributed by atoms with van der Waals surface area (Å²) in [7, 11) is 0. The first-order valence-electron chi connectivity index (χ1n) is 3.17. The van der Waals surface area contributed by atoms with Crippen LogP contribution in [0.2, 0.25) is 0 Å². The smallest absolute Gasteiger partial charge is 0.119 e. The molecule has 9 heavy (non-hydrogen) atoms. The van der Waals surface area contributed by atoms with Crippen molar-refractivity contribution in [2.24, 2.45) is 11.5 Å². The quantitative estimate of drug-likeness (QED) is 0.526. The topological polar surface area (TPSA) is 69.1 Å². The zero-order chi connectivity index (χ0) is 7.54. The lowest BCUT2D eigenvalue weighted by molar-refractivity contribution is -0.107. The van der Waals surface area contributed by atoms with Gasteiger partial charge < -0.3 is 16.3 Å².